The fraction of sp³-hybridized carbons (Fsp3) is 0.500. The number of hydrogen-bond donors (Lipinski definition) is 4. The first-order chi connectivity index (χ1) is 33.7. The van der Waals surface area contributed by atoms with Crippen LogP contribution < -0.4 is 10.2 Å². The molecule has 0 atom stereocenters. The molecule has 3 heterocycles. The fourth-order valence-electron chi connectivity index (χ4n) is 7.57. The third-order valence-corrected chi connectivity index (χ3v) is 12.4. The van der Waals surface area contributed by atoms with Crippen LogP contribution in [0.25, 0.3) is 0 Å². The van der Waals surface area contributed by atoms with Crippen molar-refractivity contribution >= 4 is 41.6 Å². The third-order valence-electron chi connectivity index (χ3n) is 11.2. The summed E-state index contributed by atoms with van der Waals surface area (Å²) in [5.41, 5.74) is 5.96. The van der Waals surface area contributed by atoms with E-state index in [1.165, 1.54) is 53.8 Å². The first-order valence-corrected chi connectivity index (χ1v) is 25.2. The SMILES string of the molecule is CNCCCCCSCCCOCCN(CCOCCOCCN(CCO)Cc1cccc(C(=O)O)n1)Cc1cccc(C(=O)O)n1.O=CCCC(=O)N1Cc2ccccc2CCc2ccccc21. The van der Waals surface area contributed by atoms with Gasteiger partial charge in [0.25, 0.3) is 0 Å². The van der Waals surface area contributed by atoms with Crippen molar-refractivity contribution in [3.8, 4) is 0 Å². The van der Waals surface area contributed by atoms with Crippen molar-refractivity contribution in [2.45, 2.75) is 71.0 Å². The van der Waals surface area contributed by atoms with Crippen molar-refractivity contribution in [2.75, 3.05) is 102 Å². The molecule has 0 saturated carbocycles. The summed E-state index contributed by atoms with van der Waals surface area (Å²) in [5, 5.41) is 31.1. The number of amides is 1. The van der Waals surface area contributed by atoms with Crippen LogP contribution in [0.15, 0.2) is 84.9 Å². The van der Waals surface area contributed by atoms with E-state index in [-0.39, 0.29) is 36.7 Å². The van der Waals surface area contributed by atoms with E-state index in [0.29, 0.717) is 96.8 Å². The molecular formula is C52H72N6O10S. The Morgan fingerprint density at radius 3 is 1.81 bits per heavy atom. The Morgan fingerprint density at radius 1 is 0.667 bits per heavy atom. The first kappa shape index (κ1) is 56.5. The van der Waals surface area contributed by atoms with Gasteiger partial charge in [-0.1, -0.05) is 61.0 Å². The van der Waals surface area contributed by atoms with Gasteiger partial charge in [0.15, 0.2) is 0 Å². The zero-order valence-electron chi connectivity index (χ0n) is 40.2. The number of nitrogens with one attached hydrogen (secondary N) is 1. The molecule has 0 bridgehead atoms. The number of ether oxygens (including phenoxy) is 3. The Morgan fingerprint density at radius 2 is 1.22 bits per heavy atom. The van der Waals surface area contributed by atoms with Gasteiger partial charge in [-0.3, -0.25) is 14.6 Å². The normalized spacial score (nSPS) is 12.1. The van der Waals surface area contributed by atoms with Crippen molar-refractivity contribution in [2.24, 2.45) is 0 Å². The molecule has 69 heavy (non-hydrogen) atoms. The zero-order chi connectivity index (χ0) is 49.3. The predicted octanol–water partition coefficient (Wildman–Crippen LogP) is 6.03. The lowest BCUT2D eigenvalue weighted by atomic mass is 9.95. The van der Waals surface area contributed by atoms with Crippen LogP contribution in [0.4, 0.5) is 5.69 Å². The molecule has 0 spiro atoms. The van der Waals surface area contributed by atoms with Crippen LogP contribution in [-0.4, -0.2) is 157 Å². The molecule has 0 saturated heterocycles. The Labute approximate surface area is 411 Å². The molecule has 0 fully saturated rings. The molecule has 16 nitrogen and oxygen atoms in total. The number of hydrogen-bond acceptors (Lipinski definition) is 14. The molecule has 0 radical (unpaired) electrons. The molecule has 17 heteroatoms. The lowest BCUT2D eigenvalue weighted by Gasteiger charge is -2.28. The highest BCUT2D eigenvalue weighted by Gasteiger charge is 2.22. The number of benzene rings is 2. The molecule has 2 aromatic carbocycles. The Kier molecular flexibility index (Phi) is 28.0. The van der Waals surface area contributed by atoms with Gasteiger partial charge in [0.05, 0.1) is 57.6 Å². The number of thioether (sulfide) groups is 1. The van der Waals surface area contributed by atoms with Crippen molar-refractivity contribution in [3.63, 3.8) is 0 Å². The summed E-state index contributed by atoms with van der Waals surface area (Å²) in [6, 6.07) is 26.2. The number of rotatable bonds is 33. The highest BCUT2D eigenvalue weighted by molar-refractivity contribution is 7.99. The van der Waals surface area contributed by atoms with Crippen LogP contribution in [0.5, 0.6) is 0 Å². The Hall–Kier alpha value is -5.11. The van der Waals surface area contributed by atoms with Crippen molar-refractivity contribution in [1.82, 2.24) is 25.1 Å². The summed E-state index contributed by atoms with van der Waals surface area (Å²) in [5.74, 6) is 0.164. The van der Waals surface area contributed by atoms with Crippen LogP contribution in [-0.2, 0) is 56.3 Å². The standard InChI is InChI=1S/C33H53N5O8S.C19H19NO2/c1-34-12-3-2-4-24-47-25-7-18-44-19-15-38(27-29-9-6-11-31(36-29)33(42)43)16-21-46-23-22-45-20-14-37(13-17-39)26-28-8-5-10-30(35-28)32(40)41;21-13-5-10-19(22)20-14-17-8-2-1-6-15(17)11-12-16-7-3-4-9-18(16)20/h5-6,8-11,34,39H,2-4,7,12-27H2,1H3,(H,40,41)(H,42,43);1-4,6-9,13H,5,10-12,14H2. The average Bonchev–Trinajstić information content (AvgIpc) is 3.35. The summed E-state index contributed by atoms with van der Waals surface area (Å²) < 4.78 is 17.4. The van der Waals surface area contributed by atoms with Gasteiger partial charge in [0.1, 0.15) is 17.7 Å². The maximum Gasteiger partial charge on any atom is 0.354 e. The summed E-state index contributed by atoms with van der Waals surface area (Å²) in [4.78, 5) is 60.1. The number of pyridine rings is 2. The van der Waals surface area contributed by atoms with E-state index in [9.17, 15) is 29.4 Å². The number of aliphatic hydroxyl groups is 1. The van der Waals surface area contributed by atoms with Gasteiger partial charge in [0.2, 0.25) is 5.91 Å². The second-order valence-corrected chi connectivity index (χ2v) is 17.7. The van der Waals surface area contributed by atoms with Crippen LogP contribution in [0, 0.1) is 0 Å². The zero-order valence-corrected chi connectivity index (χ0v) is 41.0. The van der Waals surface area contributed by atoms with Gasteiger partial charge in [-0.15, -0.1) is 0 Å². The number of aromatic nitrogens is 2. The Bertz CT molecular complexity index is 2110. The van der Waals surface area contributed by atoms with Gasteiger partial charge in [-0.25, -0.2) is 19.6 Å². The quantitative estimate of drug-likeness (QED) is 0.0318. The molecule has 376 valence electrons. The van der Waals surface area contributed by atoms with E-state index in [1.54, 1.807) is 18.2 Å². The minimum absolute atomic E-state index is 0.0104. The summed E-state index contributed by atoms with van der Waals surface area (Å²) in [6.07, 6.45) is 8.01. The second kappa shape index (κ2) is 34.2. The number of anilines is 1. The largest absolute Gasteiger partial charge is 0.477 e. The van der Waals surface area contributed by atoms with E-state index in [4.69, 9.17) is 19.3 Å². The van der Waals surface area contributed by atoms with Gasteiger partial charge in [0, 0.05) is 64.4 Å². The Balaban J connectivity index is 0.000000388. The molecule has 4 N–H and O–H groups in total. The second-order valence-electron chi connectivity index (χ2n) is 16.5. The number of fused-ring (bicyclic) bond motifs is 2. The summed E-state index contributed by atoms with van der Waals surface area (Å²) in [6.45, 7) is 7.75. The predicted molar refractivity (Wildman–Crippen MR) is 269 cm³/mol. The van der Waals surface area contributed by atoms with Crippen molar-refractivity contribution < 1.29 is 48.7 Å². The van der Waals surface area contributed by atoms with Gasteiger partial charge in [-0.2, -0.15) is 11.8 Å². The number of nitrogens with zero attached hydrogens (tertiary/aromatic N) is 5. The monoisotopic (exact) mass is 973 g/mol. The fourth-order valence-corrected chi connectivity index (χ4v) is 8.51. The van der Waals surface area contributed by atoms with E-state index in [0.717, 1.165) is 43.5 Å². The number of carboxylic acid groups (broad SMARTS) is 2. The highest BCUT2D eigenvalue weighted by Crippen LogP contribution is 2.29. The molecular weight excluding hydrogens is 901 g/mol. The first-order valence-electron chi connectivity index (χ1n) is 24.0. The van der Waals surface area contributed by atoms with E-state index in [1.807, 2.05) is 65.0 Å². The van der Waals surface area contributed by atoms with Gasteiger partial charge < -0.3 is 44.5 Å². The van der Waals surface area contributed by atoms with Crippen LogP contribution >= 0.6 is 11.8 Å². The number of carboxylic acids is 2. The van der Waals surface area contributed by atoms with E-state index >= 15 is 0 Å². The number of aldehydes is 1. The summed E-state index contributed by atoms with van der Waals surface area (Å²) in [7, 11) is 1.99. The van der Waals surface area contributed by atoms with E-state index in [2.05, 4.69) is 38.4 Å². The van der Waals surface area contributed by atoms with Crippen molar-refractivity contribution in [3.05, 3.63) is 124 Å². The average molecular weight is 973 g/mol. The number of aryl methyl sites for hydroxylation is 2. The van der Waals surface area contributed by atoms with Gasteiger partial charge in [-0.05, 0) is 104 Å². The van der Waals surface area contributed by atoms with Crippen LogP contribution in [0.3, 0.4) is 0 Å². The van der Waals surface area contributed by atoms with Crippen molar-refractivity contribution in [1.29, 1.82) is 0 Å². The number of para-hydroxylation sites is 1. The molecule has 1 aliphatic rings. The minimum Gasteiger partial charge on any atom is -0.477 e. The maximum absolute atomic E-state index is 12.6. The molecule has 4 aromatic rings. The molecule has 0 unspecified atom stereocenters. The molecule has 1 amide bonds. The minimum atomic E-state index is -1.08. The number of carbonyl (C=O) groups excluding carboxylic acids is 2. The topological polar surface area (TPSA) is 204 Å². The lowest BCUT2D eigenvalue weighted by Crippen LogP contribution is -2.32. The third kappa shape index (κ3) is 22.5. The smallest absolute Gasteiger partial charge is 0.354 e. The highest BCUT2D eigenvalue weighted by atomic mass is 32.2. The van der Waals surface area contributed by atoms with E-state index < -0.39 is 11.9 Å². The molecule has 5 rings (SSSR count). The van der Waals surface area contributed by atoms with Gasteiger partial charge >= 0.3 is 11.9 Å². The molecule has 0 aliphatic carbocycles. The lowest BCUT2D eigenvalue weighted by molar-refractivity contribution is -0.120. The number of carbonyl (C=O) groups is 4. The summed E-state index contributed by atoms with van der Waals surface area (Å²) >= 11 is 1.98. The maximum atomic E-state index is 12.6. The number of aromatic carboxylic acids is 2. The number of aliphatic hydroxyl groups excluding tert-OH is 1. The number of unbranched alkanes of at least 4 members (excludes halogenated alkanes) is 2. The van der Waals surface area contributed by atoms with Crippen LogP contribution in [0.2, 0.25) is 0 Å². The molecule has 2 aromatic heterocycles. The van der Waals surface area contributed by atoms with Crippen LogP contribution in [0.1, 0.15) is 87.6 Å². The molecule has 1 aliphatic heterocycles.